The third-order valence-electron chi connectivity index (χ3n) is 3.39. The smallest absolute Gasteiger partial charge is 0.240 e. The van der Waals surface area contributed by atoms with E-state index in [0.717, 1.165) is 0 Å². The fraction of sp³-hybridized carbons (Fsp3) is 0.357. The van der Waals surface area contributed by atoms with E-state index in [9.17, 15) is 14.4 Å². The van der Waals surface area contributed by atoms with Crippen LogP contribution < -0.4 is 4.90 Å². The molecule has 1 aromatic carbocycles. The monoisotopic (exact) mass is 245 g/mol. The first-order valence-corrected chi connectivity index (χ1v) is 5.79. The van der Waals surface area contributed by atoms with E-state index in [4.69, 9.17) is 0 Å². The molecular weight excluding hydrogens is 230 g/mol. The molecule has 1 amide bonds. The van der Waals surface area contributed by atoms with Crippen LogP contribution in [-0.4, -0.2) is 24.5 Å². The van der Waals surface area contributed by atoms with E-state index in [1.165, 1.54) is 11.8 Å². The van der Waals surface area contributed by atoms with Gasteiger partial charge in [-0.2, -0.15) is 0 Å². The molecule has 0 aromatic heterocycles. The van der Waals surface area contributed by atoms with Crippen molar-refractivity contribution in [2.45, 2.75) is 20.3 Å². The summed E-state index contributed by atoms with van der Waals surface area (Å²) in [6, 6.07) is 6.97. The van der Waals surface area contributed by atoms with Gasteiger partial charge in [0.2, 0.25) is 5.91 Å². The largest absolute Gasteiger partial charge is 0.314 e. The first-order chi connectivity index (χ1) is 8.38. The van der Waals surface area contributed by atoms with Gasteiger partial charge in [0.25, 0.3) is 0 Å². The average molecular weight is 245 g/mol. The summed E-state index contributed by atoms with van der Waals surface area (Å²) >= 11 is 0. The van der Waals surface area contributed by atoms with Crippen molar-refractivity contribution in [3.63, 3.8) is 0 Å². The summed E-state index contributed by atoms with van der Waals surface area (Å²) in [6.45, 7) is 2.94. The lowest BCUT2D eigenvalue weighted by Gasteiger charge is -2.36. The first kappa shape index (κ1) is 12.5. The van der Waals surface area contributed by atoms with Crippen molar-refractivity contribution < 1.29 is 14.4 Å². The number of hydrogen-bond donors (Lipinski definition) is 0. The van der Waals surface area contributed by atoms with Crippen LogP contribution in [0.2, 0.25) is 0 Å². The van der Waals surface area contributed by atoms with Crippen molar-refractivity contribution in [3.8, 4) is 0 Å². The standard InChI is InChI=1S/C14H15NO3/c1-9(16)8-14(2)12(17)10-6-4-5-7-11(10)15(3)13(14)18/h4-7H,8H2,1-3H3. The number of carbonyl (C=O) groups excluding carboxylic acids is 3. The number of rotatable bonds is 2. The maximum atomic E-state index is 12.4. The van der Waals surface area contributed by atoms with Crippen LogP contribution in [0.15, 0.2) is 24.3 Å². The number of hydrogen-bond acceptors (Lipinski definition) is 3. The van der Waals surface area contributed by atoms with Gasteiger partial charge in [-0.1, -0.05) is 12.1 Å². The summed E-state index contributed by atoms with van der Waals surface area (Å²) in [6.07, 6.45) is -0.0522. The second-order valence-corrected chi connectivity index (χ2v) is 4.92. The second-order valence-electron chi connectivity index (χ2n) is 4.92. The van der Waals surface area contributed by atoms with Crippen molar-refractivity contribution in [2.75, 3.05) is 11.9 Å². The molecule has 1 unspecified atom stereocenters. The highest BCUT2D eigenvalue weighted by Crippen LogP contribution is 2.38. The number of nitrogens with zero attached hydrogens (tertiary/aromatic N) is 1. The lowest BCUT2D eigenvalue weighted by atomic mass is 9.74. The van der Waals surface area contributed by atoms with Gasteiger partial charge in [-0.05, 0) is 26.0 Å². The molecule has 1 atom stereocenters. The highest BCUT2D eigenvalue weighted by molar-refractivity contribution is 6.25. The molecule has 94 valence electrons. The van der Waals surface area contributed by atoms with Crippen LogP contribution in [0.25, 0.3) is 0 Å². The van der Waals surface area contributed by atoms with Crippen molar-refractivity contribution in [3.05, 3.63) is 29.8 Å². The lowest BCUT2D eigenvalue weighted by Crippen LogP contribution is -2.50. The summed E-state index contributed by atoms with van der Waals surface area (Å²) in [4.78, 5) is 37.5. The van der Waals surface area contributed by atoms with Crippen LogP contribution in [0.1, 0.15) is 30.6 Å². The summed E-state index contributed by atoms with van der Waals surface area (Å²) in [5.41, 5.74) is -0.161. The molecule has 0 aliphatic carbocycles. The van der Waals surface area contributed by atoms with E-state index in [0.29, 0.717) is 11.3 Å². The van der Waals surface area contributed by atoms with Crippen molar-refractivity contribution in [1.82, 2.24) is 0 Å². The lowest BCUT2D eigenvalue weighted by molar-refractivity contribution is -0.129. The van der Waals surface area contributed by atoms with Gasteiger partial charge in [-0.3, -0.25) is 14.4 Å². The Morgan fingerprint density at radius 1 is 1.28 bits per heavy atom. The van der Waals surface area contributed by atoms with E-state index >= 15 is 0 Å². The normalized spacial score (nSPS) is 22.9. The molecule has 0 saturated carbocycles. The zero-order chi connectivity index (χ0) is 13.5. The summed E-state index contributed by atoms with van der Waals surface area (Å²) < 4.78 is 0. The van der Waals surface area contributed by atoms with Crippen LogP contribution in [-0.2, 0) is 9.59 Å². The number of Topliss-reactive ketones (excluding diaryl/α,β-unsaturated/α-hetero) is 2. The maximum absolute atomic E-state index is 12.4. The van der Waals surface area contributed by atoms with Gasteiger partial charge in [0.05, 0.1) is 5.69 Å². The van der Waals surface area contributed by atoms with Crippen LogP contribution in [0, 0.1) is 5.41 Å². The molecule has 0 spiro atoms. The van der Waals surface area contributed by atoms with Gasteiger partial charge in [-0.15, -0.1) is 0 Å². The van der Waals surface area contributed by atoms with Crippen LogP contribution in [0.5, 0.6) is 0 Å². The molecule has 1 heterocycles. The van der Waals surface area contributed by atoms with Gasteiger partial charge in [0, 0.05) is 19.0 Å². The number of fused-ring (bicyclic) bond motifs is 1. The Kier molecular flexibility index (Phi) is 2.81. The molecule has 1 aliphatic heterocycles. The zero-order valence-corrected chi connectivity index (χ0v) is 10.7. The molecule has 0 N–H and O–H groups in total. The molecule has 0 bridgehead atoms. The fourth-order valence-corrected chi connectivity index (χ4v) is 2.49. The van der Waals surface area contributed by atoms with Crippen molar-refractivity contribution in [2.24, 2.45) is 5.41 Å². The molecule has 4 nitrogen and oxygen atoms in total. The predicted molar refractivity (Wildman–Crippen MR) is 67.6 cm³/mol. The Morgan fingerprint density at radius 3 is 2.50 bits per heavy atom. The summed E-state index contributed by atoms with van der Waals surface area (Å²) in [7, 11) is 1.63. The van der Waals surface area contributed by atoms with Crippen LogP contribution in [0.4, 0.5) is 5.69 Å². The number of benzene rings is 1. The Balaban J connectivity index is 2.58. The predicted octanol–water partition coefficient (Wildman–Crippen LogP) is 1.83. The fourth-order valence-electron chi connectivity index (χ4n) is 2.49. The van der Waals surface area contributed by atoms with E-state index in [2.05, 4.69) is 0 Å². The molecule has 0 fully saturated rings. The van der Waals surface area contributed by atoms with Gasteiger partial charge < -0.3 is 4.90 Å². The molecule has 1 aromatic rings. The minimum Gasteiger partial charge on any atom is -0.314 e. The molecular formula is C14H15NO3. The highest BCUT2D eigenvalue weighted by atomic mass is 16.2. The number of carbonyl (C=O) groups is 3. The molecule has 0 radical (unpaired) electrons. The highest BCUT2D eigenvalue weighted by Gasteiger charge is 2.48. The van der Waals surface area contributed by atoms with Gasteiger partial charge >= 0.3 is 0 Å². The Bertz CT molecular complexity index is 550. The number of para-hydroxylation sites is 1. The average Bonchev–Trinajstić information content (AvgIpc) is 2.33. The number of anilines is 1. The van der Waals surface area contributed by atoms with Crippen LogP contribution in [0.3, 0.4) is 0 Å². The SMILES string of the molecule is CC(=O)CC1(C)C(=O)c2ccccc2N(C)C1=O. The Morgan fingerprint density at radius 2 is 1.89 bits per heavy atom. The van der Waals surface area contributed by atoms with Gasteiger partial charge in [0.1, 0.15) is 11.2 Å². The quantitative estimate of drug-likeness (QED) is 0.747. The number of amides is 1. The third-order valence-corrected chi connectivity index (χ3v) is 3.39. The first-order valence-electron chi connectivity index (χ1n) is 5.79. The third kappa shape index (κ3) is 1.65. The van der Waals surface area contributed by atoms with E-state index in [1.807, 2.05) is 0 Å². The van der Waals surface area contributed by atoms with Gasteiger partial charge in [0.15, 0.2) is 5.78 Å². The molecule has 2 rings (SSSR count). The molecule has 4 heteroatoms. The summed E-state index contributed by atoms with van der Waals surface area (Å²) in [5, 5.41) is 0. The van der Waals surface area contributed by atoms with Gasteiger partial charge in [-0.25, -0.2) is 0 Å². The Labute approximate surface area is 106 Å². The summed E-state index contributed by atoms with van der Waals surface area (Å²) in [5.74, 6) is -0.746. The molecule has 1 aliphatic rings. The minimum atomic E-state index is -1.27. The van der Waals surface area contributed by atoms with Crippen LogP contribution >= 0.6 is 0 Å². The van der Waals surface area contributed by atoms with E-state index < -0.39 is 5.41 Å². The molecule has 18 heavy (non-hydrogen) atoms. The van der Waals surface area contributed by atoms with Crippen molar-refractivity contribution >= 4 is 23.2 Å². The maximum Gasteiger partial charge on any atom is 0.240 e. The van der Waals surface area contributed by atoms with E-state index in [1.54, 1.807) is 38.2 Å². The Hall–Kier alpha value is -1.97. The zero-order valence-electron chi connectivity index (χ0n) is 10.7. The second kappa shape index (κ2) is 4.05. The minimum absolute atomic E-state index is 0.0522. The van der Waals surface area contributed by atoms with E-state index in [-0.39, 0.29) is 23.9 Å². The van der Waals surface area contributed by atoms with Crippen molar-refractivity contribution in [1.29, 1.82) is 0 Å². The topological polar surface area (TPSA) is 54.5 Å². The molecule has 0 saturated heterocycles. The number of ketones is 2.